The van der Waals surface area contributed by atoms with E-state index in [0.29, 0.717) is 18.0 Å². The number of imidazole rings is 1. The van der Waals surface area contributed by atoms with Gasteiger partial charge in [0.05, 0.1) is 18.4 Å². The van der Waals surface area contributed by atoms with Crippen molar-refractivity contribution in [3.8, 4) is 0 Å². The molecule has 0 aliphatic carbocycles. The van der Waals surface area contributed by atoms with Crippen LogP contribution in [-0.2, 0) is 22.9 Å². The van der Waals surface area contributed by atoms with E-state index in [1.807, 2.05) is 6.07 Å². The first-order chi connectivity index (χ1) is 14.4. The SMILES string of the molecule is CS(=O)(=O)c1ncc(CN2CCC[C@@H](c3ccccc3)C2)n1Cc1ccccc1F. The Morgan fingerprint density at radius 2 is 1.80 bits per heavy atom. The van der Waals surface area contributed by atoms with E-state index in [0.717, 1.165) is 37.9 Å². The molecule has 0 bridgehead atoms. The molecule has 0 radical (unpaired) electrons. The Labute approximate surface area is 177 Å². The van der Waals surface area contributed by atoms with Crippen molar-refractivity contribution >= 4 is 9.84 Å². The second-order valence-corrected chi connectivity index (χ2v) is 9.88. The van der Waals surface area contributed by atoms with Gasteiger partial charge in [0.1, 0.15) is 5.82 Å². The Morgan fingerprint density at radius 3 is 2.53 bits per heavy atom. The third kappa shape index (κ3) is 4.63. The number of aromatic nitrogens is 2. The van der Waals surface area contributed by atoms with E-state index in [4.69, 9.17) is 0 Å². The highest BCUT2D eigenvalue weighted by Crippen LogP contribution is 2.28. The molecule has 1 saturated heterocycles. The lowest BCUT2D eigenvalue weighted by molar-refractivity contribution is 0.195. The first kappa shape index (κ1) is 20.8. The predicted molar refractivity (Wildman–Crippen MR) is 115 cm³/mol. The lowest BCUT2D eigenvalue weighted by Gasteiger charge is -2.33. The Balaban J connectivity index is 1.59. The minimum absolute atomic E-state index is 0.0163. The zero-order chi connectivity index (χ0) is 21.1. The van der Waals surface area contributed by atoms with Crippen LogP contribution in [-0.4, -0.2) is 42.2 Å². The Hall–Kier alpha value is -2.51. The normalized spacial score (nSPS) is 17.9. The van der Waals surface area contributed by atoms with Gasteiger partial charge in [-0.15, -0.1) is 0 Å². The summed E-state index contributed by atoms with van der Waals surface area (Å²) in [5.41, 5.74) is 2.56. The van der Waals surface area contributed by atoms with Gasteiger partial charge in [-0.05, 0) is 36.9 Å². The van der Waals surface area contributed by atoms with Gasteiger partial charge in [0.2, 0.25) is 15.0 Å². The van der Waals surface area contributed by atoms with Crippen molar-refractivity contribution < 1.29 is 12.8 Å². The van der Waals surface area contributed by atoms with E-state index in [9.17, 15) is 12.8 Å². The molecule has 1 fully saturated rings. The molecule has 0 saturated carbocycles. The van der Waals surface area contributed by atoms with Gasteiger partial charge in [-0.3, -0.25) is 4.90 Å². The molecule has 0 unspecified atom stereocenters. The first-order valence-corrected chi connectivity index (χ1v) is 12.1. The van der Waals surface area contributed by atoms with Crippen LogP contribution < -0.4 is 0 Å². The number of likely N-dealkylation sites (tertiary alicyclic amines) is 1. The van der Waals surface area contributed by atoms with Crippen LogP contribution >= 0.6 is 0 Å². The maximum Gasteiger partial charge on any atom is 0.227 e. The van der Waals surface area contributed by atoms with Gasteiger partial charge in [-0.1, -0.05) is 48.5 Å². The molecule has 0 N–H and O–H groups in total. The molecule has 1 aromatic heterocycles. The molecule has 7 heteroatoms. The molecular formula is C23H26FN3O2S. The Bertz CT molecular complexity index is 1110. The quantitative estimate of drug-likeness (QED) is 0.600. The lowest BCUT2D eigenvalue weighted by Crippen LogP contribution is -2.34. The highest BCUT2D eigenvalue weighted by atomic mass is 32.2. The van der Waals surface area contributed by atoms with Crippen LogP contribution in [0.15, 0.2) is 66.0 Å². The molecule has 1 atom stereocenters. The molecule has 4 rings (SSSR count). The highest BCUT2D eigenvalue weighted by Gasteiger charge is 2.25. The number of halogens is 1. The second-order valence-electron chi connectivity index (χ2n) is 7.97. The molecule has 2 aromatic carbocycles. The summed E-state index contributed by atoms with van der Waals surface area (Å²) in [7, 11) is -3.53. The zero-order valence-corrected chi connectivity index (χ0v) is 17.9. The average molecular weight is 428 g/mol. The van der Waals surface area contributed by atoms with E-state index in [1.54, 1.807) is 29.0 Å². The Morgan fingerprint density at radius 1 is 1.07 bits per heavy atom. The molecule has 2 heterocycles. The van der Waals surface area contributed by atoms with Crippen molar-refractivity contribution in [1.29, 1.82) is 0 Å². The van der Waals surface area contributed by atoms with Crippen molar-refractivity contribution in [1.82, 2.24) is 14.5 Å². The molecular weight excluding hydrogens is 401 g/mol. The van der Waals surface area contributed by atoms with E-state index in [2.05, 4.69) is 34.1 Å². The molecule has 1 aliphatic heterocycles. The van der Waals surface area contributed by atoms with Crippen LogP contribution in [0.25, 0.3) is 0 Å². The van der Waals surface area contributed by atoms with E-state index >= 15 is 0 Å². The molecule has 158 valence electrons. The van der Waals surface area contributed by atoms with Crippen LogP contribution in [0.4, 0.5) is 4.39 Å². The highest BCUT2D eigenvalue weighted by molar-refractivity contribution is 7.90. The first-order valence-electron chi connectivity index (χ1n) is 10.2. The summed E-state index contributed by atoms with van der Waals surface area (Å²) < 4.78 is 40.4. The minimum Gasteiger partial charge on any atom is -0.313 e. The van der Waals surface area contributed by atoms with Gasteiger partial charge < -0.3 is 4.57 Å². The van der Waals surface area contributed by atoms with Crippen molar-refractivity contribution in [3.63, 3.8) is 0 Å². The van der Waals surface area contributed by atoms with Gasteiger partial charge in [0.15, 0.2) is 0 Å². The number of rotatable bonds is 6. The molecule has 0 amide bonds. The van der Waals surface area contributed by atoms with Crippen molar-refractivity contribution in [2.24, 2.45) is 0 Å². The molecule has 0 spiro atoms. The van der Waals surface area contributed by atoms with Gasteiger partial charge in [-0.25, -0.2) is 17.8 Å². The van der Waals surface area contributed by atoms with Crippen molar-refractivity contribution in [2.45, 2.75) is 37.0 Å². The fourth-order valence-electron chi connectivity index (χ4n) is 4.21. The topological polar surface area (TPSA) is 55.2 Å². The molecule has 30 heavy (non-hydrogen) atoms. The lowest BCUT2D eigenvalue weighted by atomic mass is 9.90. The third-order valence-corrected chi connectivity index (χ3v) is 6.67. The smallest absolute Gasteiger partial charge is 0.227 e. The summed E-state index contributed by atoms with van der Waals surface area (Å²) in [6.45, 7) is 2.58. The van der Waals surface area contributed by atoms with Crippen LogP contribution in [0.3, 0.4) is 0 Å². The zero-order valence-electron chi connectivity index (χ0n) is 17.0. The second kappa shape index (κ2) is 8.70. The van der Waals surface area contributed by atoms with Gasteiger partial charge in [0.25, 0.3) is 0 Å². The van der Waals surface area contributed by atoms with Crippen LogP contribution in [0, 0.1) is 5.82 Å². The predicted octanol–water partition coefficient (Wildman–Crippen LogP) is 3.85. The summed E-state index contributed by atoms with van der Waals surface area (Å²) in [6.07, 6.45) is 4.98. The van der Waals surface area contributed by atoms with Crippen LogP contribution in [0.5, 0.6) is 0 Å². The molecule has 5 nitrogen and oxygen atoms in total. The molecule has 3 aromatic rings. The fraction of sp³-hybridized carbons (Fsp3) is 0.348. The number of hydrogen-bond acceptors (Lipinski definition) is 4. The summed E-state index contributed by atoms with van der Waals surface area (Å²) in [5.74, 6) is 0.107. The summed E-state index contributed by atoms with van der Waals surface area (Å²) in [4.78, 5) is 6.52. The average Bonchev–Trinajstić information content (AvgIpc) is 3.13. The maximum atomic E-state index is 14.2. The van der Waals surface area contributed by atoms with Crippen LogP contribution in [0.2, 0.25) is 0 Å². The van der Waals surface area contributed by atoms with E-state index in [-0.39, 0.29) is 17.5 Å². The standard InChI is InChI=1S/C23H26FN3O2S/c1-30(28,29)23-25-14-21(27(23)16-20-10-5-6-12-22(20)24)17-26-13-7-11-19(15-26)18-8-3-2-4-9-18/h2-6,8-10,12,14,19H,7,11,13,15-17H2,1H3/t19-/m1/s1. The van der Waals surface area contributed by atoms with E-state index < -0.39 is 9.84 Å². The number of piperidine rings is 1. The maximum absolute atomic E-state index is 14.2. The summed E-state index contributed by atoms with van der Waals surface area (Å²) in [6, 6.07) is 16.9. The van der Waals surface area contributed by atoms with Gasteiger partial charge in [0, 0.05) is 24.9 Å². The number of nitrogens with zero attached hydrogens (tertiary/aromatic N) is 3. The fourth-order valence-corrected chi connectivity index (χ4v) is 5.03. The number of hydrogen-bond donors (Lipinski definition) is 0. The third-order valence-electron chi connectivity index (χ3n) is 5.68. The van der Waals surface area contributed by atoms with Crippen molar-refractivity contribution in [2.75, 3.05) is 19.3 Å². The largest absolute Gasteiger partial charge is 0.313 e. The molecule has 1 aliphatic rings. The van der Waals surface area contributed by atoms with Crippen molar-refractivity contribution in [3.05, 3.63) is 83.4 Å². The van der Waals surface area contributed by atoms with E-state index in [1.165, 1.54) is 11.6 Å². The summed E-state index contributed by atoms with van der Waals surface area (Å²) in [5, 5.41) is -0.0163. The monoisotopic (exact) mass is 427 g/mol. The summed E-state index contributed by atoms with van der Waals surface area (Å²) >= 11 is 0. The minimum atomic E-state index is -3.53. The number of sulfone groups is 1. The van der Waals surface area contributed by atoms with Gasteiger partial charge in [-0.2, -0.15) is 0 Å². The van der Waals surface area contributed by atoms with Gasteiger partial charge >= 0.3 is 0 Å². The Kier molecular flexibility index (Phi) is 6.01. The number of benzene rings is 2. The van der Waals surface area contributed by atoms with Crippen LogP contribution in [0.1, 0.15) is 35.6 Å².